The van der Waals surface area contributed by atoms with E-state index in [4.69, 9.17) is 0 Å². The maximum Gasteiger partial charge on any atom is 0.187 e. The molecule has 0 unspecified atom stereocenters. The predicted octanol–water partition coefficient (Wildman–Crippen LogP) is -6.03. The minimum Gasteiger partial charge on any atom is -0.412 e. The zero-order chi connectivity index (χ0) is 0. The van der Waals surface area contributed by atoms with Gasteiger partial charge in [0.1, 0.15) is 0 Å². The summed E-state index contributed by atoms with van der Waals surface area (Å²) in [5, 5.41) is 0. The van der Waals surface area contributed by atoms with E-state index in [1.807, 2.05) is 0 Å². The maximum absolute atomic E-state index is 0. The maximum atomic E-state index is 0. The molecule has 0 spiro atoms. The molecule has 0 heterocycles. The van der Waals surface area contributed by atoms with Crippen molar-refractivity contribution in [3.63, 3.8) is 0 Å². The van der Waals surface area contributed by atoms with Crippen LogP contribution < -0.4 is 0 Å². The summed E-state index contributed by atoms with van der Waals surface area (Å²) < 4.78 is 0. The molecule has 52 valence electrons. The topological polar surface area (TPSA) is 94.5 Å². The normalized spacial score (nSPS) is 0. The standard InChI is InChI=1S/3Al.Ni.3H2O.9H/h;;;;3*1H2;;;;;;;;;. The average molecular weight is 203 g/mol. The number of hydrogen-bond acceptors (Lipinski definition) is 0. The molecule has 0 aromatic heterocycles. The summed E-state index contributed by atoms with van der Waals surface area (Å²) in [5.74, 6) is 0. The molecule has 0 aromatic carbocycles. The molecule has 0 amide bonds. The van der Waals surface area contributed by atoms with Crippen LogP contribution in [0, 0.1) is 0 Å². The summed E-state index contributed by atoms with van der Waals surface area (Å²) in [6, 6.07) is 0. The van der Waals surface area contributed by atoms with Crippen molar-refractivity contribution in [1.29, 1.82) is 0 Å². The van der Waals surface area contributed by atoms with E-state index < -0.39 is 0 Å². The van der Waals surface area contributed by atoms with Crippen molar-refractivity contribution >= 4 is 52.1 Å². The molecule has 0 aromatic rings. The van der Waals surface area contributed by atoms with Crippen molar-refractivity contribution in [1.82, 2.24) is 0 Å². The van der Waals surface area contributed by atoms with Gasteiger partial charge in [0, 0.05) is 16.5 Å². The first-order valence-electron chi connectivity index (χ1n) is 0. The number of rotatable bonds is 0. The van der Waals surface area contributed by atoms with Crippen LogP contribution in [0.15, 0.2) is 0 Å². The Kier molecular flexibility index (Phi) is 2090. The van der Waals surface area contributed by atoms with Crippen molar-refractivity contribution in [3.05, 3.63) is 0 Å². The van der Waals surface area contributed by atoms with E-state index in [0.29, 0.717) is 0 Å². The zero-order valence-corrected chi connectivity index (χ0v) is 2.80. The molecule has 0 saturated heterocycles. The fourth-order valence-corrected chi connectivity index (χ4v) is 0. The minimum atomic E-state index is 0. The fourth-order valence-electron chi connectivity index (χ4n) is 0. The van der Waals surface area contributed by atoms with Gasteiger partial charge in [0.05, 0.1) is 0 Å². The van der Waals surface area contributed by atoms with Crippen molar-refractivity contribution in [2.24, 2.45) is 0 Å². The fraction of sp³-hybridized carbons (Fsp3) is 0. The average Bonchev–Trinajstić information content (AvgIpc) is 0. The Hall–Kier alpha value is 1.97. The Labute approximate surface area is 84.5 Å². The largest absolute Gasteiger partial charge is 0.412 e. The Balaban J connectivity index is 0. The van der Waals surface area contributed by atoms with Crippen molar-refractivity contribution < 1.29 is 32.9 Å². The van der Waals surface area contributed by atoms with E-state index in [1.165, 1.54) is 0 Å². The van der Waals surface area contributed by atoms with Crippen LogP contribution in [-0.2, 0) is 16.5 Å². The van der Waals surface area contributed by atoms with Crippen molar-refractivity contribution in [2.45, 2.75) is 0 Å². The van der Waals surface area contributed by atoms with Gasteiger partial charge >= 0.3 is 0 Å². The van der Waals surface area contributed by atoms with Gasteiger partial charge in [0.2, 0.25) is 0 Å². The molecular weight excluding hydrogens is 188 g/mol. The molecule has 0 fully saturated rings. The first-order valence-corrected chi connectivity index (χ1v) is 0. The third kappa shape index (κ3) is 73.2. The van der Waals surface area contributed by atoms with E-state index in [9.17, 15) is 0 Å². The molecule has 0 bridgehead atoms. The Morgan fingerprint density at radius 1 is 0.429 bits per heavy atom. The molecule has 0 radical (unpaired) electrons. The molecule has 3 nitrogen and oxygen atoms in total. The van der Waals surface area contributed by atoms with Gasteiger partial charge in [0.15, 0.2) is 52.1 Å². The summed E-state index contributed by atoms with van der Waals surface area (Å²) in [4.78, 5) is 0. The second-order valence-corrected chi connectivity index (χ2v) is 0. The van der Waals surface area contributed by atoms with Crippen molar-refractivity contribution in [2.75, 3.05) is 0 Å². The molecule has 7 heteroatoms. The molecule has 0 rings (SSSR count). The minimum absolute atomic E-state index is 0. The van der Waals surface area contributed by atoms with Gasteiger partial charge in [0.25, 0.3) is 0 Å². The zero-order valence-electron chi connectivity index (χ0n) is 1.82. The summed E-state index contributed by atoms with van der Waals surface area (Å²) in [6.07, 6.45) is 0. The van der Waals surface area contributed by atoms with Crippen LogP contribution in [0.25, 0.3) is 0 Å². The summed E-state index contributed by atoms with van der Waals surface area (Å²) >= 11 is 0. The Bertz CT molecular complexity index is 10.1. The van der Waals surface area contributed by atoms with E-state index in [1.54, 1.807) is 0 Å². The molecule has 0 saturated carbocycles. The molecule has 7 heavy (non-hydrogen) atoms. The summed E-state index contributed by atoms with van der Waals surface area (Å²) in [5.41, 5.74) is 0. The van der Waals surface area contributed by atoms with Gasteiger partial charge in [-0.25, -0.2) is 0 Å². The Morgan fingerprint density at radius 3 is 0.429 bits per heavy atom. The van der Waals surface area contributed by atoms with Crippen LogP contribution >= 0.6 is 0 Å². The monoisotopic (exact) mass is 202 g/mol. The molecule has 6 N–H and O–H groups in total. The smallest absolute Gasteiger partial charge is 0.187 e. The van der Waals surface area contributed by atoms with Crippen LogP contribution in [0.2, 0.25) is 0 Å². The third-order valence-electron chi connectivity index (χ3n) is 0. The molecule has 0 aliphatic heterocycles. The second kappa shape index (κ2) is 99.7. The van der Waals surface area contributed by atoms with E-state index in [-0.39, 0.29) is 85.0 Å². The van der Waals surface area contributed by atoms with Gasteiger partial charge in [-0.1, -0.05) is 0 Å². The van der Waals surface area contributed by atoms with E-state index in [0.717, 1.165) is 0 Å². The van der Waals surface area contributed by atoms with E-state index >= 15 is 0 Å². The first kappa shape index (κ1) is 147. The Morgan fingerprint density at radius 2 is 0.429 bits per heavy atom. The SMILES string of the molecule is O.O.O.[AlH3].[AlH3].[AlH3].[Ni]. The van der Waals surface area contributed by atoms with Crippen LogP contribution in [0.3, 0.4) is 0 Å². The molecule has 0 aliphatic rings. The summed E-state index contributed by atoms with van der Waals surface area (Å²) in [6.45, 7) is 0. The van der Waals surface area contributed by atoms with Gasteiger partial charge in [-0.15, -0.1) is 0 Å². The predicted molar refractivity (Wildman–Crippen MR) is 40.7 cm³/mol. The van der Waals surface area contributed by atoms with Crippen LogP contribution in [0.5, 0.6) is 0 Å². The second-order valence-electron chi connectivity index (χ2n) is 0. The number of hydrogen-bond donors (Lipinski definition) is 0. The van der Waals surface area contributed by atoms with Crippen LogP contribution in [0.1, 0.15) is 0 Å². The van der Waals surface area contributed by atoms with E-state index in [2.05, 4.69) is 0 Å². The van der Waals surface area contributed by atoms with Crippen LogP contribution in [0.4, 0.5) is 0 Å². The molecular formula is H15Al3NiO3. The molecule has 0 atom stereocenters. The van der Waals surface area contributed by atoms with Gasteiger partial charge in [-0.05, 0) is 0 Å². The molecule has 0 aliphatic carbocycles. The third-order valence-corrected chi connectivity index (χ3v) is 0. The quantitative estimate of drug-likeness (QED) is 0.350. The first-order chi connectivity index (χ1) is 0. The van der Waals surface area contributed by atoms with Gasteiger partial charge in [-0.3, -0.25) is 0 Å². The summed E-state index contributed by atoms with van der Waals surface area (Å²) in [7, 11) is 0. The van der Waals surface area contributed by atoms with Crippen molar-refractivity contribution in [3.8, 4) is 0 Å². The van der Waals surface area contributed by atoms with Gasteiger partial charge in [-0.2, -0.15) is 0 Å². The van der Waals surface area contributed by atoms with Crippen LogP contribution in [-0.4, -0.2) is 68.5 Å². The van der Waals surface area contributed by atoms with Gasteiger partial charge < -0.3 is 16.4 Å².